The number of hydrogen-bond acceptors (Lipinski definition) is 7. The van der Waals surface area contributed by atoms with Crippen LogP contribution in [0.3, 0.4) is 0 Å². The molecule has 35 heavy (non-hydrogen) atoms. The van der Waals surface area contributed by atoms with E-state index >= 15 is 0 Å². The number of rotatable bonds is 11. The van der Waals surface area contributed by atoms with Crippen molar-refractivity contribution in [3.05, 3.63) is 64.0 Å². The molecule has 4 rings (SSSR count). The fourth-order valence-corrected chi connectivity index (χ4v) is 4.81. The molecule has 1 aliphatic rings. The molecule has 7 nitrogen and oxygen atoms in total. The first-order valence-electron chi connectivity index (χ1n) is 12.1. The third-order valence-electron chi connectivity index (χ3n) is 5.78. The summed E-state index contributed by atoms with van der Waals surface area (Å²) in [4.78, 5) is 16.5. The van der Waals surface area contributed by atoms with Crippen LogP contribution in [0.25, 0.3) is 11.3 Å². The lowest BCUT2D eigenvalue weighted by Gasteiger charge is -2.23. The molecule has 0 bridgehead atoms. The van der Waals surface area contributed by atoms with Crippen LogP contribution in [-0.4, -0.2) is 49.4 Å². The first kappa shape index (κ1) is 25.2. The number of nitrogens with one attached hydrogen (secondary N) is 1. The number of primary amides is 1. The number of carbonyl (C=O) groups is 1. The summed E-state index contributed by atoms with van der Waals surface area (Å²) in [5.41, 5.74) is 8.79. The molecule has 1 aromatic heterocycles. The number of benzene rings is 2. The van der Waals surface area contributed by atoms with Crippen molar-refractivity contribution in [3.63, 3.8) is 0 Å². The van der Waals surface area contributed by atoms with E-state index in [4.69, 9.17) is 24.9 Å². The lowest BCUT2D eigenvalue weighted by atomic mass is 10.1. The fraction of sp³-hybridized carbons (Fsp3) is 0.407. The van der Waals surface area contributed by atoms with E-state index in [1.807, 2.05) is 49.6 Å². The van der Waals surface area contributed by atoms with Gasteiger partial charge in [-0.25, -0.2) is 4.98 Å². The Kier molecular flexibility index (Phi) is 8.74. The molecule has 3 N–H and O–H groups in total. The Labute approximate surface area is 210 Å². The van der Waals surface area contributed by atoms with E-state index in [9.17, 15) is 4.79 Å². The van der Waals surface area contributed by atoms with Crippen LogP contribution < -0.4 is 20.5 Å². The van der Waals surface area contributed by atoms with Crippen molar-refractivity contribution in [2.75, 3.05) is 26.4 Å². The van der Waals surface area contributed by atoms with Gasteiger partial charge in [0.1, 0.15) is 18.1 Å². The maximum Gasteiger partial charge on any atom is 0.248 e. The van der Waals surface area contributed by atoms with Crippen molar-refractivity contribution in [1.82, 2.24) is 10.3 Å². The zero-order valence-electron chi connectivity index (χ0n) is 20.3. The minimum absolute atomic E-state index is 0.0263. The van der Waals surface area contributed by atoms with Crippen molar-refractivity contribution in [3.8, 4) is 22.8 Å². The van der Waals surface area contributed by atoms with E-state index in [1.165, 1.54) is 0 Å². The standard InChI is InChI=1S/C27H33N3O4S/c1-18(2)34-25-8-5-20(27(28)31)15-21(25)16-26-30-24(17-35-26)19-3-6-23(7-4-19)33-14-11-29-22-9-12-32-13-10-22/h3-8,15,17-18,22,29H,9-14,16H2,1-2H3,(H2,28,31). The predicted octanol–water partition coefficient (Wildman–Crippen LogP) is 4.43. The molecule has 3 aromatic rings. The Morgan fingerprint density at radius 3 is 2.69 bits per heavy atom. The highest BCUT2D eigenvalue weighted by Gasteiger charge is 2.14. The highest BCUT2D eigenvalue weighted by molar-refractivity contribution is 7.10. The van der Waals surface area contributed by atoms with Crippen molar-refractivity contribution >= 4 is 17.2 Å². The van der Waals surface area contributed by atoms with Crippen LogP contribution in [0, 0.1) is 0 Å². The molecule has 2 aromatic carbocycles. The molecule has 0 atom stereocenters. The summed E-state index contributed by atoms with van der Waals surface area (Å²) in [5, 5.41) is 6.51. The van der Waals surface area contributed by atoms with Crippen LogP contribution in [-0.2, 0) is 11.2 Å². The number of ether oxygens (including phenoxy) is 3. The van der Waals surface area contributed by atoms with E-state index in [0.717, 1.165) is 65.9 Å². The SMILES string of the molecule is CC(C)Oc1ccc(C(N)=O)cc1Cc1nc(-c2ccc(OCCNC3CCOCC3)cc2)cs1. The number of amides is 1. The van der Waals surface area contributed by atoms with Crippen molar-refractivity contribution in [1.29, 1.82) is 0 Å². The first-order chi connectivity index (χ1) is 17.0. The Balaban J connectivity index is 1.35. The van der Waals surface area contributed by atoms with E-state index < -0.39 is 5.91 Å². The Hall–Kier alpha value is -2.94. The number of nitrogens with zero attached hydrogens (tertiary/aromatic N) is 1. The summed E-state index contributed by atoms with van der Waals surface area (Å²) in [6.07, 6.45) is 2.72. The first-order valence-corrected chi connectivity index (χ1v) is 12.9. The summed E-state index contributed by atoms with van der Waals surface area (Å²) in [6, 6.07) is 13.8. The Bertz CT molecular complexity index is 1110. The molecule has 0 radical (unpaired) electrons. The van der Waals surface area contributed by atoms with Gasteiger partial charge in [0.15, 0.2) is 0 Å². The molecule has 1 aliphatic heterocycles. The highest BCUT2D eigenvalue weighted by atomic mass is 32.1. The van der Waals surface area contributed by atoms with E-state index in [0.29, 0.717) is 24.6 Å². The summed E-state index contributed by atoms with van der Waals surface area (Å²) in [7, 11) is 0. The minimum Gasteiger partial charge on any atom is -0.492 e. The summed E-state index contributed by atoms with van der Waals surface area (Å²) in [6.45, 7) is 7.08. The van der Waals surface area contributed by atoms with Crippen LogP contribution in [0.1, 0.15) is 47.6 Å². The number of thiazole rings is 1. The fourth-order valence-electron chi connectivity index (χ4n) is 3.98. The van der Waals surface area contributed by atoms with Gasteiger partial charge in [0.05, 0.1) is 16.8 Å². The quantitative estimate of drug-likeness (QED) is 0.382. The third-order valence-corrected chi connectivity index (χ3v) is 6.63. The average Bonchev–Trinajstić information content (AvgIpc) is 3.32. The molecular weight excluding hydrogens is 462 g/mol. The van der Waals surface area contributed by atoms with Crippen molar-refractivity contribution in [2.24, 2.45) is 5.73 Å². The van der Waals surface area contributed by atoms with Crippen LogP contribution in [0.5, 0.6) is 11.5 Å². The molecule has 8 heteroatoms. The van der Waals surface area contributed by atoms with Gasteiger partial charge in [-0.05, 0) is 69.2 Å². The van der Waals surface area contributed by atoms with Crippen molar-refractivity contribution in [2.45, 2.75) is 45.3 Å². The molecule has 0 spiro atoms. The Morgan fingerprint density at radius 2 is 1.97 bits per heavy atom. The smallest absolute Gasteiger partial charge is 0.248 e. The largest absolute Gasteiger partial charge is 0.492 e. The molecule has 1 amide bonds. The summed E-state index contributed by atoms with van der Waals surface area (Å²) < 4.78 is 17.2. The zero-order chi connectivity index (χ0) is 24.6. The van der Waals surface area contributed by atoms with Crippen LogP contribution >= 0.6 is 11.3 Å². The van der Waals surface area contributed by atoms with Crippen LogP contribution in [0.15, 0.2) is 47.8 Å². The topological polar surface area (TPSA) is 95.7 Å². The number of hydrogen-bond donors (Lipinski definition) is 2. The number of nitrogens with two attached hydrogens (primary N) is 1. The van der Waals surface area contributed by atoms with Gasteiger partial charge in [-0.15, -0.1) is 11.3 Å². The maximum absolute atomic E-state index is 11.7. The van der Waals surface area contributed by atoms with E-state index in [-0.39, 0.29) is 6.10 Å². The zero-order valence-corrected chi connectivity index (χ0v) is 21.1. The summed E-state index contributed by atoms with van der Waals surface area (Å²) in [5.74, 6) is 1.13. The van der Waals surface area contributed by atoms with Crippen LogP contribution in [0.2, 0.25) is 0 Å². The minimum atomic E-state index is -0.455. The highest BCUT2D eigenvalue weighted by Crippen LogP contribution is 2.29. The molecule has 186 valence electrons. The van der Waals surface area contributed by atoms with Gasteiger partial charge in [-0.3, -0.25) is 4.79 Å². The molecule has 1 saturated heterocycles. The van der Waals surface area contributed by atoms with Gasteiger partial charge in [-0.2, -0.15) is 0 Å². The third kappa shape index (κ3) is 7.27. The molecule has 0 aliphatic carbocycles. The molecule has 0 unspecified atom stereocenters. The van der Waals surface area contributed by atoms with Gasteiger partial charge in [0.25, 0.3) is 0 Å². The van der Waals surface area contributed by atoms with E-state index in [2.05, 4.69) is 5.32 Å². The molecular formula is C27H33N3O4S. The predicted molar refractivity (Wildman–Crippen MR) is 138 cm³/mol. The van der Waals surface area contributed by atoms with Gasteiger partial charge >= 0.3 is 0 Å². The van der Waals surface area contributed by atoms with Gasteiger partial charge in [0.2, 0.25) is 5.91 Å². The van der Waals surface area contributed by atoms with Crippen molar-refractivity contribution < 1.29 is 19.0 Å². The van der Waals surface area contributed by atoms with Gasteiger partial charge < -0.3 is 25.3 Å². The summed E-state index contributed by atoms with van der Waals surface area (Å²) >= 11 is 1.58. The molecule has 0 saturated carbocycles. The maximum atomic E-state index is 11.7. The normalized spacial score (nSPS) is 14.3. The monoisotopic (exact) mass is 495 g/mol. The second-order valence-electron chi connectivity index (χ2n) is 8.87. The second-order valence-corrected chi connectivity index (χ2v) is 9.81. The lowest BCUT2D eigenvalue weighted by molar-refractivity contribution is 0.0770. The van der Waals surface area contributed by atoms with Gasteiger partial charge in [-0.1, -0.05) is 0 Å². The van der Waals surface area contributed by atoms with Crippen LogP contribution in [0.4, 0.5) is 0 Å². The molecule has 1 fully saturated rings. The lowest BCUT2D eigenvalue weighted by Crippen LogP contribution is -2.37. The number of carbonyl (C=O) groups excluding carboxylic acids is 1. The average molecular weight is 496 g/mol. The number of aromatic nitrogens is 1. The Morgan fingerprint density at radius 1 is 1.20 bits per heavy atom. The van der Waals surface area contributed by atoms with E-state index in [1.54, 1.807) is 23.5 Å². The second kappa shape index (κ2) is 12.2. The van der Waals surface area contributed by atoms with Gasteiger partial charge in [0, 0.05) is 54.3 Å². The molecule has 2 heterocycles.